The normalized spacial score (nSPS) is 10.6. The summed E-state index contributed by atoms with van der Waals surface area (Å²) in [6, 6.07) is 23.0. The number of nitrogens with zero attached hydrogens (tertiary/aromatic N) is 2. The molecule has 0 saturated carbocycles. The summed E-state index contributed by atoms with van der Waals surface area (Å²) in [5.41, 5.74) is 4.85. The molecule has 2 heteroatoms. The zero-order valence-corrected chi connectivity index (χ0v) is 16.4. The first-order chi connectivity index (χ1) is 13.3. The molecule has 0 saturated heterocycles. The van der Waals surface area contributed by atoms with E-state index in [2.05, 4.69) is 78.4 Å². The SMILES string of the molecule is CCCCc1ccc2ccccc2n1.CCCc1cccc2cccnc12. The summed E-state index contributed by atoms with van der Waals surface area (Å²) >= 11 is 0. The monoisotopic (exact) mass is 356 g/mol. The molecule has 0 aliphatic heterocycles. The van der Waals surface area contributed by atoms with E-state index in [0.717, 1.165) is 23.9 Å². The number of para-hydroxylation sites is 2. The van der Waals surface area contributed by atoms with Crippen molar-refractivity contribution in [3.63, 3.8) is 0 Å². The Kier molecular flexibility index (Phi) is 6.92. The lowest BCUT2D eigenvalue weighted by Crippen LogP contribution is -1.89. The van der Waals surface area contributed by atoms with Gasteiger partial charge in [-0.2, -0.15) is 0 Å². The second kappa shape index (κ2) is 9.82. The first-order valence-electron chi connectivity index (χ1n) is 9.99. The van der Waals surface area contributed by atoms with Crippen LogP contribution in [-0.4, -0.2) is 9.97 Å². The molecule has 0 spiro atoms. The minimum absolute atomic E-state index is 1.10. The van der Waals surface area contributed by atoms with Gasteiger partial charge in [0.1, 0.15) is 0 Å². The fourth-order valence-corrected chi connectivity index (χ4v) is 3.24. The van der Waals surface area contributed by atoms with E-state index in [4.69, 9.17) is 0 Å². The van der Waals surface area contributed by atoms with Crippen LogP contribution in [0.4, 0.5) is 0 Å². The predicted molar refractivity (Wildman–Crippen MR) is 116 cm³/mol. The van der Waals surface area contributed by atoms with Gasteiger partial charge in [-0.25, -0.2) is 0 Å². The van der Waals surface area contributed by atoms with Crippen molar-refractivity contribution in [2.45, 2.75) is 46.0 Å². The van der Waals surface area contributed by atoms with Crippen molar-refractivity contribution in [1.82, 2.24) is 9.97 Å². The van der Waals surface area contributed by atoms with Crippen molar-refractivity contribution in [1.29, 1.82) is 0 Å². The highest BCUT2D eigenvalue weighted by Gasteiger charge is 1.99. The Labute approximate surface area is 162 Å². The summed E-state index contributed by atoms with van der Waals surface area (Å²) in [4.78, 5) is 9.01. The minimum Gasteiger partial charge on any atom is -0.256 e. The highest BCUT2D eigenvalue weighted by Crippen LogP contribution is 2.17. The van der Waals surface area contributed by atoms with Crippen LogP contribution in [0, 0.1) is 0 Å². The third-order valence-electron chi connectivity index (χ3n) is 4.68. The Bertz CT molecular complexity index is 986. The average Bonchev–Trinajstić information content (AvgIpc) is 2.73. The molecule has 0 aliphatic rings. The lowest BCUT2D eigenvalue weighted by molar-refractivity contribution is 0.780. The maximum atomic E-state index is 4.61. The Morgan fingerprint density at radius 2 is 1.52 bits per heavy atom. The standard InChI is InChI=1S/C13H15N.C12H13N/c1-2-3-7-12-10-9-11-6-4-5-8-13(11)14-12;1-2-5-10-6-3-7-11-8-4-9-13-12(10)11/h4-6,8-10H,2-3,7H2,1H3;3-4,6-9H,2,5H2,1H3. The average molecular weight is 357 g/mol. The first-order valence-corrected chi connectivity index (χ1v) is 9.99. The fourth-order valence-electron chi connectivity index (χ4n) is 3.24. The molecular formula is C25H28N2. The molecule has 0 atom stereocenters. The molecule has 2 heterocycles. The maximum absolute atomic E-state index is 4.61. The summed E-state index contributed by atoms with van der Waals surface area (Å²) in [6.07, 6.45) is 7.71. The molecule has 138 valence electrons. The maximum Gasteiger partial charge on any atom is 0.0733 e. The molecular weight excluding hydrogens is 328 g/mol. The molecule has 2 aromatic heterocycles. The highest BCUT2D eigenvalue weighted by molar-refractivity contribution is 5.81. The predicted octanol–water partition coefficient (Wildman–Crippen LogP) is 6.76. The minimum atomic E-state index is 1.10. The molecule has 2 aromatic carbocycles. The molecule has 2 nitrogen and oxygen atoms in total. The van der Waals surface area contributed by atoms with Gasteiger partial charge in [-0.05, 0) is 43.0 Å². The molecule has 4 rings (SSSR count). The van der Waals surface area contributed by atoms with Crippen molar-refractivity contribution in [2.24, 2.45) is 0 Å². The smallest absolute Gasteiger partial charge is 0.0733 e. The second-order valence-corrected chi connectivity index (χ2v) is 6.84. The van der Waals surface area contributed by atoms with Crippen molar-refractivity contribution < 1.29 is 0 Å². The van der Waals surface area contributed by atoms with Crippen LogP contribution in [0.3, 0.4) is 0 Å². The van der Waals surface area contributed by atoms with E-state index in [1.807, 2.05) is 18.3 Å². The highest BCUT2D eigenvalue weighted by atomic mass is 14.7. The molecule has 0 bridgehead atoms. The van der Waals surface area contributed by atoms with Crippen molar-refractivity contribution >= 4 is 21.8 Å². The van der Waals surface area contributed by atoms with Crippen LogP contribution in [0.15, 0.2) is 72.9 Å². The largest absolute Gasteiger partial charge is 0.256 e. The number of benzene rings is 2. The summed E-state index contributed by atoms with van der Waals surface area (Å²) < 4.78 is 0. The number of pyridine rings is 2. The van der Waals surface area contributed by atoms with Crippen LogP contribution in [0.2, 0.25) is 0 Å². The molecule has 27 heavy (non-hydrogen) atoms. The van der Waals surface area contributed by atoms with Gasteiger partial charge in [-0.1, -0.05) is 75.2 Å². The van der Waals surface area contributed by atoms with Gasteiger partial charge in [-0.15, -0.1) is 0 Å². The molecule has 0 aliphatic carbocycles. The Hall–Kier alpha value is -2.74. The lowest BCUT2D eigenvalue weighted by Gasteiger charge is -2.02. The van der Waals surface area contributed by atoms with E-state index < -0.39 is 0 Å². The van der Waals surface area contributed by atoms with Crippen LogP contribution in [0.5, 0.6) is 0 Å². The summed E-state index contributed by atoms with van der Waals surface area (Å²) in [7, 11) is 0. The third kappa shape index (κ3) is 5.13. The third-order valence-corrected chi connectivity index (χ3v) is 4.68. The summed E-state index contributed by atoms with van der Waals surface area (Å²) in [5, 5.41) is 2.47. The summed E-state index contributed by atoms with van der Waals surface area (Å²) in [5.74, 6) is 0. The van der Waals surface area contributed by atoms with Gasteiger partial charge in [-0.3, -0.25) is 9.97 Å². The molecule has 0 amide bonds. The van der Waals surface area contributed by atoms with Gasteiger partial charge in [0, 0.05) is 22.7 Å². The summed E-state index contributed by atoms with van der Waals surface area (Å²) in [6.45, 7) is 4.41. The molecule has 0 unspecified atom stereocenters. The van der Waals surface area contributed by atoms with Crippen LogP contribution in [0.1, 0.15) is 44.4 Å². The van der Waals surface area contributed by atoms with Gasteiger partial charge in [0.05, 0.1) is 11.0 Å². The lowest BCUT2D eigenvalue weighted by atomic mass is 10.1. The van der Waals surface area contributed by atoms with Crippen molar-refractivity contribution in [3.8, 4) is 0 Å². The van der Waals surface area contributed by atoms with E-state index in [-0.39, 0.29) is 0 Å². The van der Waals surface area contributed by atoms with Crippen LogP contribution in [0.25, 0.3) is 21.8 Å². The molecule has 0 N–H and O–H groups in total. The Morgan fingerprint density at radius 1 is 0.704 bits per heavy atom. The zero-order valence-electron chi connectivity index (χ0n) is 16.4. The fraction of sp³-hybridized carbons (Fsp3) is 0.280. The molecule has 0 radical (unpaired) electrons. The van der Waals surface area contributed by atoms with E-state index in [1.165, 1.54) is 41.3 Å². The zero-order chi connectivity index (χ0) is 18.9. The quantitative estimate of drug-likeness (QED) is 0.394. The van der Waals surface area contributed by atoms with Gasteiger partial charge in [0.15, 0.2) is 0 Å². The first kappa shape index (κ1) is 19.0. The number of hydrogen-bond acceptors (Lipinski definition) is 2. The second-order valence-electron chi connectivity index (χ2n) is 6.84. The van der Waals surface area contributed by atoms with Gasteiger partial charge < -0.3 is 0 Å². The van der Waals surface area contributed by atoms with Gasteiger partial charge in [0.2, 0.25) is 0 Å². The van der Waals surface area contributed by atoms with Crippen LogP contribution < -0.4 is 0 Å². The van der Waals surface area contributed by atoms with E-state index >= 15 is 0 Å². The number of aromatic nitrogens is 2. The van der Waals surface area contributed by atoms with Crippen LogP contribution in [-0.2, 0) is 12.8 Å². The van der Waals surface area contributed by atoms with Crippen LogP contribution >= 0.6 is 0 Å². The van der Waals surface area contributed by atoms with Gasteiger partial charge >= 0.3 is 0 Å². The number of unbranched alkanes of at least 4 members (excludes halogenated alkanes) is 1. The molecule has 4 aromatic rings. The Balaban J connectivity index is 0.000000156. The number of hydrogen-bond donors (Lipinski definition) is 0. The Morgan fingerprint density at radius 3 is 2.37 bits per heavy atom. The number of rotatable bonds is 5. The molecule has 0 fully saturated rings. The van der Waals surface area contributed by atoms with E-state index in [1.54, 1.807) is 0 Å². The van der Waals surface area contributed by atoms with Crippen molar-refractivity contribution in [3.05, 3.63) is 84.2 Å². The number of aryl methyl sites for hydroxylation is 2. The van der Waals surface area contributed by atoms with Gasteiger partial charge in [0.25, 0.3) is 0 Å². The van der Waals surface area contributed by atoms with Crippen molar-refractivity contribution in [2.75, 3.05) is 0 Å². The number of fused-ring (bicyclic) bond motifs is 2. The van der Waals surface area contributed by atoms with E-state index in [9.17, 15) is 0 Å². The van der Waals surface area contributed by atoms with E-state index in [0.29, 0.717) is 0 Å². The topological polar surface area (TPSA) is 25.8 Å².